The first kappa shape index (κ1) is 19.8. The largest absolute Gasteiger partial charge is 0.454 e. The lowest BCUT2D eigenvalue weighted by Gasteiger charge is -2.23. The van der Waals surface area contributed by atoms with Gasteiger partial charge in [0.1, 0.15) is 5.75 Å². The van der Waals surface area contributed by atoms with Gasteiger partial charge in [-0.3, -0.25) is 0 Å². The predicted molar refractivity (Wildman–Crippen MR) is 98.9 cm³/mol. The lowest BCUT2D eigenvalue weighted by atomic mass is 10.0. The fourth-order valence-electron chi connectivity index (χ4n) is 2.78. The molecule has 1 aromatic carbocycles. The number of hydrogen-bond donors (Lipinski definition) is 3. The molecular formula is C17H23F2N3O4S. The lowest BCUT2D eigenvalue weighted by Crippen LogP contribution is -2.47. The molecule has 1 aromatic rings. The Morgan fingerprint density at radius 1 is 1.37 bits per heavy atom. The Hall–Kier alpha value is -1.94. The molecule has 1 fully saturated rings. The number of ether oxygens (including phenoxy) is 3. The fraction of sp³-hybridized carbons (Fsp3) is 0.588. The monoisotopic (exact) mass is 403 g/mol. The number of nitrogens with one attached hydrogen (secondary N) is 2. The van der Waals surface area contributed by atoms with E-state index in [4.69, 9.17) is 9.47 Å². The van der Waals surface area contributed by atoms with Gasteiger partial charge in [0.25, 0.3) is 0 Å². The summed E-state index contributed by atoms with van der Waals surface area (Å²) in [6.07, 6.45) is 0.721. The summed E-state index contributed by atoms with van der Waals surface area (Å²) in [6.45, 7) is 0.101. The molecule has 150 valence electrons. The van der Waals surface area contributed by atoms with Crippen molar-refractivity contribution >= 4 is 17.7 Å². The van der Waals surface area contributed by atoms with Crippen LogP contribution in [0.5, 0.6) is 17.2 Å². The van der Waals surface area contributed by atoms with Crippen molar-refractivity contribution in [2.45, 2.75) is 32.1 Å². The second-order valence-electron chi connectivity index (χ2n) is 6.27. The van der Waals surface area contributed by atoms with Crippen molar-refractivity contribution in [3.8, 4) is 17.2 Å². The first-order valence-corrected chi connectivity index (χ1v) is 9.84. The van der Waals surface area contributed by atoms with E-state index in [2.05, 4.69) is 20.4 Å². The summed E-state index contributed by atoms with van der Waals surface area (Å²) in [5.41, 5.74) is -0.310. The Balaban J connectivity index is 1.72. The highest BCUT2D eigenvalue weighted by molar-refractivity contribution is 7.99. The highest BCUT2D eigenvalue weighted by Crippen LogP contribution is 2.39. The Kier molecular flexibility index (Phi) is 6.48. The molecule has 3 N–H and O–H groups in total. The maximum Gasteiger partial charge on any atom is 0.387 e. The third-order valence-electron chi connectivity index (χ3n) is 4.19. The lowest BCUT2D eigenvalue weighted by molar-refractivity contribution is -0.0505. The molecule has 1 atom stereocenters. The number of rotatable bonds is 7. The standard InChI is InChI=1S/C17H23F2N3O4S/c1-2-20-16(22-8-17(23)3-4-27-9-17)21-7-11-5-13-14(25-10-24-13)6-12(11)26-15(18)19/h5-6,15,23H,2-4,7-10H2,1H3,(H2,20,21,22). The molecule has 0 bridgehead atoms. The van der Waals surface area contributed by atoms with Crippen LogP contribution in [0.4, 0.5) is 8.78 Å². The van der Waals surface area contributed by atoms with Crippen molar-refractivity contribution in [1.82, 2.24) is 10.6 Å². The van der Waals surface area contributed by atoms with Gasteiger partial charge in [0, 0.05) is 30.5 Å². The number of halogens is 2. The zero-order chi connectivity index (χ0) is 19.3. The van der Waals surface area contributed by atoms with Crippen LogP contribution in [0.25, 0.3) is 0 Å². The van der Waals surface area contributed by atoms with Gasteiger partial charge < -0.3 is 30.0 Å². The molecule has 1 unspecified atom stereocenters. The summed E-state index contributed by atoms with van der Waals surface area (Å²) in [4.78, 5) is 4.42. The van der Waals surface area contributed by atoms with Crippen LogP contribution in [0.3, 0.4) is 0 Å². The first-order chi connectivity index (χ1) is 13.0. The molecule has 0 aromatic heterocycles. The molecule has 7 nitrogen and oxygen atoms in total. The quantitative estimate of drug-likeness (QED) is 0.474. The van der Waals surface area contributed by atoms with E-state index in [1.54, 1.807) is 17.8 Å². The van der Waals surface area contributed by atoms with Gasteiger partial charge in [-0.05, 0) is 25.2 Å². The molecule has 2 aliphatic heterocycles. The van der Waals surface area contributed by atoms with Crippen LogP contribution in [0, 0.1) is 0 Å². The minimum atomic E-state index is -2.95. The second kappa shape index (κ2) is 8.83. The van der Waals surface area contributed by atoms with Gasteiger partial charge in [0.05, 0.1) is 12.1 Å². The summed E-state index contributed by atoms with van der Waals surface area (Å²) in [7, 11) is 0. The van der Waals surface area contributed by atoms with Crippen molar-refractivity contribution < 1.29 is 28.1 Å². The second-order valence-corrected chi connectivity index (χ2v) is 7.37. The van der Waals surface area contributed by atoms with Gasteiger partial charge in [-0.2, -0.15) is 20.5 Å². The van der Waals surface area contributed by atoms with Crippen molar-refractivity contribution in [2.24, 2.45) is 4.99 Å². The molecule has 3 rings (SSSR count). The number of aliphatic imine (C=N–C) groups is 1. The minimum absolute atomic E-state index is 0.000306. The third-order valence-corrected chi connectivity index (χ3v) is 5.43. The molecule has 10 heteroatoms. The van der Waals surface area contributed by atoms with Crippen molar-refractivity contribution in [1.29, 1.82) is 0 Å². The summed E-state index contributed by atoms with van der Waals surface area (Å²) in [6, 6.07) is 2.98. The summed E-state index contributed by atoms with van der Waals surface area (Å²) in [5, 5.41) is 16.6. The maximum absolute atomic E-state index is 12.7. The van der Waals surface area contributed by atoms with Gasteiger partial charge in [0.15, 0.2) is 17.5 Å². The van der Waals surface area contributed by atoms with Gasteiger partial charge in [0.2, 0.25) is 6.79 Å². The van der Waals surface area contributed by atoms with Crippen LogP contribution in [0.2, 0.25) is 0 Å². The van der Waals surface area contributed by atoms with Crippen LogP contribution in [0.15, 0.2) is 17.1 Å². The number of thioether (sulfide) groups is 1. The van der Waals surface area contributed by atoms with Gasteiger partial charge >= 0.3 is 6.61 Å². The zero-order valence-electron chi connectivity index (χ0n) is 15.0. The molecule has 27 heavy (non-hydrogen) atoms. The molecule has 0 amide bonds. The van der Waals surface area contributed by atoms with Gasteiger partial charge in [-0.25, -0.2) is 4.99 Å². The molecule has 0 aliphatic carbocycles. The number of hydrogen-bond acceptors (Lipinski definition) is 6. The van der Waals surface area contributed by atoms with E-state index in [1.807, 2.05) is 6.92 Å². The number of guanidine groups is 1. The van der Waals surface area contributed by atoms with E-state index in [-0.39, 0.29) is 19.1 Å². The van der Waals surface area contributed by atoms with Gasteiger partial charge in [-0.1, -0.05) is 0 Å². The molecular weight excluding hydrogens is 380 g/mol. The summed E-state index contributed by atoms with van der Waals surface area (Å²) < 4.78 is 40.6. The van der Waals surface area contributed by atoms with E-state index in [1.165, 1.54) is 6.07 Å². The van der Waals surface area contributed by atoms with E-state index in [9.17, 15) is 13.9 Å². The number of aliphatic hydroxyl groups is 1. The first-order valence-electron chi connectivity index (χ1n) is 8.69. The molecule has 1 saturated heterocycles. The molecule has 0 saturated carbocycles. The number of benzene rings is 1. The average Bonchev–Trinajstić information content (AvgIpc) is 3.25. The average molecular weight is 403 g/mol. The summed E-state index contributed by atoms with van der Waals surface area (Å²) >= 11 is 1.71. The minimum Gasteiger partial charge on any atom is -0.454 e. The Bertz CT molecular complexity index is 684. The van der Waals surface area contributed by atoms with Crippen molar-refractivity contribution in [3.05, 3.63) is 17.7 Å². The van der Waals surface area contributed by atoms with Crippen LogP contribution in [-0.4, -0.2) is 54.7 Å². The topological polar surface area (TPSA) is 84.3 Å². The smallest absolute Gasteiger partial charge is 0.387 e. The van der Waals surface area contributed by atoms with E-state index >= 15 is 0 Å². The number of alkyl halides is 2. The van der Waals surface area contributed by atoms with E-state index < -0.39 is 12.2 Å². The Morgan fingerprint density at radius 2 is 2.15 bits per heavy atom. The predicted octanol–water partition coefficient (Wildman–Crippen LogP) is 1.94. The van der Waals surface area contributed by atoms with Crippen LogP contribution in [0.1, 0.15) is 18.9 Å². The Morgan fingerprint density at radius 3 is 2.81 bits per heavy atom. The third kappa shape index (κ3) is 5.29. The maximum atomic E-state index is 12.7. The fourth-order valence-corrected chi connectivity index (χ4v) is 4.08. The molecule has 2 heterocycles. The van der Waals surface area contributed by atoms with Crippen molar-refractivity contribution in [2.75, 3.05) is 31.4 Å². The Labute approximate surface area is 160 Å². The van der Waals surface area contributed by atoms with Crippen LogP contribution >= 0.6 is 11.8 Å². The van der Waals surface area contributed by atoms with Gasteiger partial charge in [-0.15, -0.1) is 0 Å². The van der Waals surface area contributed by atoms with Crippen molar-refractivity contribution in [3.63, 3.8) is 0 Å². The van der Waals surface area contributed by atoms with E-state index in [0.717, 1.165) is 12.2 Å². The number of nitrogens with zero attached hydrogens (tertiary/aromatic N) is 1. The van der Waals surface area contributed by atoms with Crippen LogP contribution in [-0.2, 0) is 6.54 Å². The van der Waals surface area contributed by atoms with E-state index in [0.29, 0.717) is 41.9 Å². The molecule has 0 radical (unpaired) electrons. The zero-order valence-corrected chi connectivity index (χ0v) is 15.8. The normalized spacial score (nSPS) is 21.6. The highest BCUT2D eigenvalue weighted by atomic mass is 32.2. The number of fused-ring (bicyclic) bond motifs is 1. The highest BCUT2D eigenvalue weighted by Gasteiger charge is 2.31. The molecule has 2 aliphatic rings. The SMILES string of the molecule is CCNC(=NCc1cc2c(cc1OC(F)F)OCO2)NCC1(O)CCSC1. The molecule has 0 spiro atoms. The summed E-state index contributed by atoms with van der Waals surface area (Å²) in [5.74, 6) is 2.93. The van der Waals surface area contributed by atoms with Crippen LogP contribution < -0.4 is 24.8 Å².